The first-order valence-electron chi connectivity index (χ1n) is 7.81. The number of nitrogens with zero attached hydrogens (tertiary/aromatic N) is 1. The van der Waals surface area contributed by atoms with Crippen LogP contribution in [0.5, 0.6) is 5.75 Å². The number of hydrogen-bond acceptors (Lipinski definition) is 3. The minimum absolute atomic E-state index is 0.0389. The number of rotatable bonds is 5. The predicted molar refractivity (Wildman–Crippen MR) is 97.0 cm³/mol. The fourth-order valence-electron chi connectivity index (χ4n) is 2.39. The van der Waals surface area contributed by atoms with Crippen LogP contribution in [0.1, 0.15) is 21.5 Å². The molecule has 0 bridgehead atoms. The van der Waals surface area contributed by atoms with E-state index in [1.807, 2.05) is 54.6 Å². The van der Waals surface area contributed by atoms with E-state index in [0.717, 1.165) is 5.56 Å². The summed E-state index contributed by atoms with van der Waals surface area (Å²) >= 11 is 0. The molecule has 0 fully saturated rings. The van der Waals surface area contributed by atoms with E-state index in [0.29, 0.717) is 22.6 Å². The van der Waals surface area contributed by atoms with Crippen LogP contribution in [0.3, 0.4) is 0 Å². The fraction of sp³-hybridized carbons (Fsp3) is 0. The highest BCUT2D eigenvalue weighted by Gasteiger charge is 2.09. The van der Waals surface area contributed by atoms with E-state index in [2.05, 4.69) is 0 Å². The molecule has 0 heterocycles. The molecule has 0 saturated carbocycles. The van der Waals surface area contributed by atoms with Crippen molar-refractivity contribution < 1.29 is 9.53 Å². The smallest absolute Gasteiger partial charge is 0.193 e. The van der Waals surface area contributed by atoms with E-state index in [1.54, 1.807) is 36.4 Å². The Morgan fingerprint density at radius 3 is 1.84 bits per heavy atom. The zero-order valence-electron chi connectivity index (χ0n) is 13.4. The second kappa shape index (κ2) is 7.76. The second-order valence-corrected chi connectivity index (χ2v) is 5.33. The van der Waals surface area contributed by atoms with Gasteiger partial charge in [-0.2, -0.15) is 5.26 Å². The van der Waals surface area contributed by atoms with Crippen molar-refractivity contribution in [2.24, 2.45) is 0 Å². The van der Waals surface area contributed by atoms with Crippen LogP contribution in [0.15, 0.2) is 91.0 Å². The molecule has 0 N–H and O–H groups in total. The molecule has 25 heavy (non-hydrogen) atoms. The van der Waals surface area contributed by atoms with E-state index in [9.17, 15) is 4.79 Å². The summed E-state index contributed by atoms with van der Waals surface area (Å²) in [6.45, 7) is 0. The Labute approximate surface area is 146 Å². The average molecular weight is 325 g/mol. The highest BCUT2D eigenvalue weighted by atomic mass is 16.5. The van der Waals surface area contributed by atoms with Crippen molar-refractivity contribution in [1.29, 1.82) is 5.26 Å². The number of allylic oxidation sites excluding steroid dienone is 1. The van der Waals surface area contributed by atoms with Gasteiger partial charge in [-0.3, -0.25) is 4.79 Å². The lowest BCUT2D eigenvalue weighted by molar-refractivity contribution is 0.103. The van der Waals surface area contributed by atoms with Gasteiger partial charge in [0.05, 0.1) is 12.1 Å². The van der Waals surface area contributed by atoms with Gasteiger partial charge in [0.1, 0.15) is 11.5 Å². The number of benzene rings is 3. The highest BCUT2D eigenvalue weighted by molar-refractivity contribution is 6.09. The van der Waals surface area contributed by atoms with Crippen molar-refractivity contribution in [1.82, 2.24) is 0 Å². The lowest BCUT2D eigenvalue weighted by Crippen LogP contribution is -2.01. The number of ether oxygens (including phenoxy) is 1. The van der Waals surface area contributed by atoms with Crippen LogP contribution in [0, 0.1) is 11.3 Å². The molecule has 0 amide bonds. The molecular weight excluding hydrogens is 310 g/mol. The Morgan fingerprint density at radius 1 is 0.760 bits per heavy atom. The number of nitriles is 1. The summed E-state index contributed by atoms with van der Waals surface area (Å²) in [5.41, 5.74) is 2.04. The van der Waals surface area contributed by atoms with Crippen LogP contribution in [0.2, 0.25) is 0 Å². The van der Waals surface area contributed by atoms with Gasteiger partial charge in [0.25, 0.3) is 0 Å². The Kier molecular flexibility index (Phi) is 5.04. The first-order valence-corrected chi connectivity index (χ1v) is 7.81. The maximum absolute atomic E-state index is 12.4. The van der Waals surface area contributed by atoms with Gasteiger partial charge in [-0.1, -0.05) is 60.7 Å². The number of carbonyl (C=O) groups excluding carboxylic acids is 1. The first-order chi connectivity index (χ1) is 12.3. The molecule has 120 valence electrons. The lowest BCUT2D eigenvalue weighted by atomic mass is 10.0. The van der Waals surface area contributed by atoms with Crippen LogP contribution in [0.4, 0.5) is 0 Å². The molecule has 3 aromatic carbocycles. The monoisotopic (exact) mass is 325 g/mol. The predicted octanol–water partition coefficient (Wildman–Crippen LogP) is 4.86. The molecule has 0 aliphatic heterocycles. The molecule has 0 aliphatic rings. The van der Waals surface area contributed by atoms with Crippen molar-refractivity contribution >= 4 is 11.5 Å². The van der Waals surface area contributed by atoms with Crippen molar-refractivity contribution in [2.75, 3.05) is 0 Å². The van der Waals surface area contributed by atoms with Gasteiger partial charge in [-0.25, -0.2) is 0 Å². The molecule has 3 heteroatoms. The van der Waals surface area contributed by atoms with Gasteiger partial charge in [-0.05, 0) is 24.3 Å². The summed E-state index contributed by atoms with van der Waals surface area (Å²) in [6.07, 6.45) is 1.36. The minimum Gasteiger partial charge on any atom is -0.456 e. The Balaban J connectivity index is 1.79. The largest absolute Gasteiger partial charge is 0.456 e. The maximum atomic E-state index is 12.4. The summed E-state index contributed by atoms with van der Waals surface area (Å²) in [4.78, 5) is 12.4. The standard InChI is InChI=1S/C22H15NO2/c23-16-15-21(17-7-3-1-4-8-17)25-20-13-11-19(12-14-20)22(24)18-9-5-2-6-10-18/h1-15H/b21-15-. The van der Waals surface area contributed by atoms with E-state index >= 15 is 0 Å². The fourth-order valence-corrected chi connectivity index (χ4v) is 2.39. The highest BCUT2D eigenvalue weighted by Crippen LogP contribution is 2.22. The van der Waals surface area contributed by atoms with Crippen molar-refractivity contribution in [3.05, 3.63) is 108 Å². The Hall–Kier alpha value is -3.64. The van der Waals surface area contributed by atoms with Crippen molar-refractivity contribution in [2.45, 2.75) is 0 Å². The molecule has 0 aliphatic carbocycles. The van der Waals surface area contributed by atoms with Gasteiger partial charge >= 0.3 is 0 Å². The third-order valence-corrected chi connectivity index (χ3v) is 3.63. The van der Waals surface area contributed by atoms with Crippen LogP contribution in [-0.4, -0.2) is 5.78 Å². The normalized spacial score (nSPS) is 10.8. The Bertz CT molecular complexity index is 921. The SMILES string of the molecule is N#C/C=C(\Oc1ccc(C(=O)c2ccccc2)cc1)c1ccccc1. The van der Waals surface area contributed by atoms with Crippen LogP contribution in [-0.2, 0) is 0 Å². The first kappa shape index (κ1) is 16.2. The maximum Gasteiger partial charge on any atom is 0.193 e. The molecule has 3 rings (SSSR count). The molecular formula is C22H15NO2. The van der Waals surface area contributed by atoms with Crippen molar-refractivity contribution in [3.8, 4) is 11.8 Å². The quantitative estimate of drug-likeness (QED) is 0.382. The minimum atomic E-state index is -0.0389. The van der Waals surface area contributed by atoms with E-state index < -0.39 is 0 Å². The number of ketones is 1. The molecule has 3 nitrogen and oxygen atoms in total. The molecule has 3 aromatic rings. The van der Waals surface area contributed by atoms with Gasteiger partial charge in [0.15, 0.2) is 5.78 Å². The molecule has 0 aromatic heterocycles. The van der Waals surface area contributed by atoms with Crippen LogP contribution in [0.25, 0.3) is 5.76 Å². The van der Waals surface area contributed by atoms with Crippen LogP contribution < -0.4 is 4.74 Å². The molecule has 0 atom stereocenters. The topological polar surface area (TPSA) is 50.1 Å². The van der Waals surface area contributed by atoms with Crippen LogP contribution >= 0.6 is 0 Å². The van der Waals surface area contributed by atoms with E-state index in [1.165, 1.54) is 6.08 Å². The summed E-state index contributed by atoms with van der Waals surface area (Å²) in [5.74, 6) is 0.989. The number of carbonyl (C=O) groups is 1. The molecule has 0 saturated heterocycles. The summed E-state index contributed by atoms with van der Waals surface area (Å²) in [7, 11) is 0. The zero-order chi connectivity index (χ0) is 17.5. The van der Waals surface area contributed by atoms with Gasteiger partial charge in [0, 0.05) is 16.7 Å². The average Bonchev–Trinajstić information content (AvgIpc) is 2.69. The van der Waals surface area contributed by atoms with Gasteiger partial charge in [0.2, 0.25) is 0 Å². The van der Waals surface area contributed by atoms with E-state index in [4.69, 9.17) is 10.00 Å². The zero-order valence-corrected chi connectivity index (χ0v) is 13.4. The van der Waals surface area contributed by atoms with E-state index in [-0.39, 0.29) is 5.78 Å². The third-order valence-electron chi connectivity index (χ3n) is 3.63. The van der Waals surface area contributed by atoms with Gasteiger partial charge < -0.3 is 4.74 Å². The molecule has 0 unspecified atom stereocenters. The lowest BCUT2D eigenvalue weighted by Gasteiger charge is -2.10. The number of hydrogen-bond donors (Lipinski definition) is 0. The summed E-state index contributed by atoms with van der Waals surface area (Å²) < 4.78 is 5.81. The summed E-state index contributed by atoms with van der Waals surface area (Å²) in [5, 5.41) is 8.97. The third kappa shape index (κ3) is 4.01. The van der Waals surface area contributed by atoms with Gasteiger partial charge in [-0.15, -0.1) is 0 Å². The second-order valence-electron chi connectivity index (χ2n) is 5.33. The summed E-state index contributed by atoms with van der Waals surface area (Å²) in [6, 6.07) is 27.4. The molecule has 0 spiro atoms. The van der Waals surface area contributed by atoms with Crippen molar-refractivity contribution in [3.63, 3.8) is 0 Å². The Morgan fingerprint density at radius 2 is 1.28 bits per heavy atom. The molecule has 0 radical (unpaired) electrons.